The molecule has 0 saturated carbocycles. The Labute approximate surface area is 123 Å². The van der Waals surface area contributed by atoms with Crippen LogP contribution in [0.5, 0.6) is 0 Å². The summed E-state index contributed by atoms with van der Waals surface area (Å²) in [4.78, 5) is 0.935. The molecule has 0 radical (unpaired) electrons. The highest BCUT2D eigenvalue weighted by atomic mass is 32.1. The Morgan fingerprint density at radius 1 is 1.35 bits per heavy atom. The molecule has 1 aromatic heterocycles. The summed E-state index contributed by atoms with van der Waals surface area (Å²) in [6.45, 7) is 4.72. The predicted molar refractivity (Wildman–Crippen MR) is 82.3 cm³/mol. The minimum atomic E-state index is -0.294. The first-order valence-corrected chi connectivity index (χ1v) is 7.64. The minimum Gasteiger partial charge on any atom is -0.394 e. The summed E-state index contributed by atoms with van der Waals surface area (Å²) in [5, 5.41) is 14.7. The van der Waals surface area contributed by atoms with Crippen LogP contribution in [-0.4, -0.2) is 17.3 Å². The molecule has 1 atom stereocenters. The lowest BCUT2D eigenvalue weighted by Crippen LogP contribution is -2.44. The first kappa shape index (κ1) is 15.2. The number of hydrogen-bond acceptors (Lipinski definition) is 3. The zero-order valence-corrected chi connectivity index (χ0v) is 12.6. The van der Waals surface area contributed by atoms with Gasteiger partial charge in [-0.05, 0) is 42.5 Å². The van der Waals surface area contributed by atoms with E-state index in [0.29, 0.717) is 12.1 Å². The third-order valence-corrected chi connectivity index (χ3v) is 4.57. The van der Waals surface area contributed by atoms with Crippen LogP contribution in [0.1, 0.15) is 25.8 Å². The van der Waals surface area contributed by atoms with Crippen molar-refractivity contribution in [3.63, 3.8) is 0 Å². The lowest BCUT2D eigenvalue weighted by Gasteiger charge is -2.27. The molecular formula is C16H20FNOS. The van der Waals surface area contributed by atoms with Gasteiger partial charge in [-0.1, -0.05) is 19.1 Å². The first-order chi connectivity index (χ1) is 9.58. The summed E-state index contributed by atoms with van der Waals surface area (Å²) < 4.78 is 13.9. The van der Waals surface area contributed by atoms with Crippen LogP contribution in [0.15, 0.2) is 35.7 Å². The Morgan fingerprint density at radius 2 is 2.15 bits per heavy atom. The summed E-state index contributed by atoms with van der Waals surface area (Å²) in [6.07, 6.45) is 0.836. The number of benzene rings is 1. The molecule has 0 aliphatic carbocycles. The van der Waals surface area contributed by atoms with E-state index in [1.165, 1.54) is 17.4 Å². The molecule has 0 saturated heterocycles. The quantitative estimate of drug-likeness (QED) is 0.849. The van der Waals surface area contributed by atoms with Gasteiger partial charge < -0.3 is 10.4 Å². The van der Waals surface area contributed by atoms with E-state index in [1.54, 1.807) is 6.07 Å². The number of thiophene rings is 1. The van der Waals surface area contributed by atoms with Gasteiger partial charge in [-0.25, -0.2) is 4.39 Å². The number of rotatable bonds is 6. The molecular weight excluding hydrogens is 273 g/mol. The smallest absolute Gasteiger partial charge is 0.131 e. The van der Waals surface area contributed by atoms with Crippen molar-refractivity contribution in [3.8, 4) is 10.4 Å². The van der Waals surface area contributed by atoms with Crippen molar-refractivity contribution in [2.75, 3.05) is 6.61 Å². The average Bonchev–Trinajstić information content (AvgIpc) is 3.00. The normalized spacial score (nSPS) is 14.2. The van der Waals surface area contributed by atoms with Crippen LogP contribution in [0.4, 0.5) is 4.39 Å². The number of nitrogens with one attached hydrogen (secondary N) is 1. The van der Waals surface area contributed by atoms with E-state index in [1.807, 2.05) is 37.4 Å². The van der Waals surface area contributed by atoms with E-state index in [2.05, 4.69) is 5.32 Å². The molecule has 0 spiro atoms. The molecule has 108 valence electrons. The fourth-order valence-electron chi connectivity index (χ4n) is 1.91. The van der Waals surface area contributed by atoms with Gasteiger partial charge in [-0.15, -0.1) is 11.3 Å². The number of hydrogen-bond donors (Lipinski definition) is 2. The van der Waals surface area contributed by atoms with E-state index >= 15 is 0 Å². The number of halogens is 1. The summed E-state index contributed by atoms with van der Waals surface area (Å²) in [5.74, 6) is -0.198. The third-order valence-electron chi connectivity index (χ3n) is 3.67. The third kappa shape index (κ3) is 3.45. The van der Waals surface area contributed by atoms with E-state index < -0.39 is 0 Å². The molecule has 20 heavy (non-hydrogen) atoms. The van der Waals surface area contributed by atoms with Gasteiger partial charge in [-0.2, -0.15) is 0 Å². The second-order valence-corrected chi connectivity index (χ2v) is 6.17. The first-order valence-electron chi connectivity index (χ1n) is 6.76. The van der Waals surface area contributed by atoms with E-state index in [4.69, 9.17) is 0 Å². The van der Waals surface area contributed by atoms with Crippen molar-refractivity contribution >= 4 is 11.3 Å². The lowest BCUT2D eigenvalue weighted by molar-refractivity contribution is 0.169. The van der Waals surface area contributed by atoms with Crippen LogP contribution >= 0.6 is 11.3 Å². The Hall–Kier alpha value is -1.23. The molecule has 1 unspecified atom stereocenters. The van der Waals surface area contributed by atoms with Crippen LogP contribution in [0.25, 0.3) is 10.4 Å². The maximum atomic E-state index is 13.9. The van der Waals surface area contributed by atoms with Crippen LogP contribution in [0.3, 0.4) is 0 Å². The van der Waals surface area contributed by atoms with Crippen molar-refractivity contribution in [1.82, 2.24) is 5.32 Å². The molecule has 1 heterocycles. The summed E-state index contributed by atoms with van der Waals surface area (Å²) in [7, 11) is 0. The molecule has 0 amide bonds. The minimum absolute atomic E-state index is 0.0858. The maximum Gasteiger partial charge on any atom is 0.131 e. The molecule has 2 rings (SSSR count). The monoisotopic (exact) mass is 293 g/mol. The van der Waals surface area contributed by atoms with Crippen molar-refractivity contribution in [1.29, 1.82) is 0 Å². The summed E-state index contributed by atoms with van der Waals surface area (Å²) >= 11 is 1.53. The Kier molecular flexibility index (Phi) is 4.91. The summed E-state index contributed by atoms with van der Waals surface area (Å²) in [5.41, 5.74) is 1.36. The Bertz CT molecular complexity index is 550. The van der Waals surface area contributed by atoms with Gasteiger partial charge in [0.2, 0.25) is 0 Å². The fourth-order valence-corrected chi connectivity index (χ4v) is 2.66. The molecule has 4 heteroatoms. The van der Waals surface area contributed by atoms with Gasteiger partial charge in [-0.3, -0.25) is 0 Å². The van der Waals surface area contributed by atoms with Gasteiger partial charge in [0.1, 0.15) is 5.82 Å². The van der Waals surface area contributed by atoms with Gasteiger partial charge in [0, 0.05) is 22.5 Å². The summed E-state index contributed by atoms with van der Waals surface area (Å²) in [6, 6.07) is 9.01. The van der Waals surface area contributed by atoms with Gasteiger partial charge in [0.05, 0.1) is 6.61 Å². The van der Waals surface area contributed by atoms with Crippen LogP contribution in [0, 0.1) is 5.82 Å². The van der Waals surface area contributed by atoms with Crippen LogP contribution < -0.4 is 5.32 Å². The molecule has 0 aliphatic rings. The van der Waals surface area contributed by atoms with E-state index in [-0.39, 0.29) is 18.0 Å². The number of aliphatic hydroxyl groups excluding tert-OH is 1. The molecule has 0 fully saturated rings. The zero-order valence-electron chi connectivity index (χ0n) is 11.8. The van der Waals surface area contributed by atoms with Crippen molar-refractivity contribution in [3.05, 3.63) is 47.1 Å². The lowest BCUT2D eigenvalue weighted by atomic mass is 9.99. The SMILES string of the molecule is CCC(C)(CO)NCc1ccc(F)c(-c2cccs2)c1. The van der Waals surface area contributed by atoms with Crippen molar-refractivity contribution in [2.24, 2.45) is 0 Å². The Balaban J connectivity index is 2.16. The highest BCUT2D eigenvalue weighted by Crippen LogP contribution is 2.28. The predicted octanol–water partition coefficient (Wildman–Crippen LogP) is 3.80. The molecule has 0 aliphatic heterocycles. The molecule has 2 nitrogen and oxygen atoms in total. The van der Waals surface area contributed by atoms with Crippen molar-refractivity contribution < 1.29 is 9.50 Å². The van der Waals surface area contributed by atoms with E-state index in [0.717, 1.165) is 16.9 Å². The van der Waals surface area contributed by atoms with Gasteiger partial charge >= 0.3 is 0 Å². The van der Waals surface area contributed by atoms with Crippen molar-refractivity contribution in [2.45, 2.75) is 32.4 Å². The zero-order chi connectivity index (χ0) is 14.6. The fraction of sp³-hybridized carbons (Fsp3) is 0.375. The number of aliphatic hydroxyl groups is 1. The largest absolute Gasteiger partial charge is 0.394 e. The average molecular weight is 293 g/mol. The second-order valence-electron chi connectivity index (χ2n) is 5.22. The standard InChI is InChI=1S/C16H20FNOS/c1-3-16(2,11-19)18-10-12-6-7-14(17)13(9-12)15-5-4-8-20-15/h4-9,18-19H,3,10-11H2,1-2H3. The molecule has 2 aromatic rings. The molecule has 0 bridgehead atoms. The molecule has 2 N–H and O–H groups in total. The molecule has 1 aromatic carbocycles. The van der Waals surface area contributed by atoms with Gasteiger partial charge in [0.25, 0.3) is 0 Å². The van der Waals surface area contributed by atoms with Gasteiger partial charge in [0.15, 0.2) is 0 Å². The van der Waals surface area contributed by atoms with Crippen LogP contribution in [0.2, 0.25) is 0 Å². The Morgan fingerprint density at radius 3 is 2.75 bits per heavy atom. The second kappa shape index (κ2) is 6.48. The topological polar surface area (TPSA) is 32.3 Å². The highest BCUT2D eigenvalue weighted by molar-refractivity contribution is 7.13. The van der Waals surface area contributed by atoms with Crippen LogP contribution in [-0.2, 0) is 6.54 Å². The maximum absolute atomic E-state index is 13.9. The van der Waals surface area contributed by atoms with E-state index in [9.17, 15) is 9.50 Å². The highest BCUT2D eigenvalue weighted by Gasteiger charge is 2.19.